The summed E-state index contributed by atoms with van der Waals surface area (Å²) in [5.74, 6) is 0. The van der Waals surface area contributed by atoms with Gasteiger partial charge in [-0.05, 0) is 47.5 Å². The van der Waals surface area contributed by atoms with Gasteiger partial charge in [0, 0.05) is 12.4 Å². The van der Waals surface area contributed by atoms with Crippen molar-refractivity contribution in [1.29, 1.82) is 0 Å². The van der Waals surface area contributed by atoms with Gasteiger partial charge < -0.3 is 0 Å². The van der Waals surface area contributed by atoms with Crippen LogP contribution in [0.1, 0.15) is 11.1 Å². The standard InChI is InChI=1S/C20H20N8O6S2/c29-35(30,31)19-13-17(25-27-21-9-1-10-22-27)7-5-15(19)3-4-16-6-8-18(14-20(16)36(32,33)34)26-28-23-11-2-12-24-28/h1-14,21,23,25-26H,(H,29,30,31)(H,32,33,34). The molecule has 0 atom stereocenters. The molecule has 16 heteroatoms. The van der Waals surface area contributed by atoms with Crippen LogP contribution in [0.15, 0.2) is 80.9 Å². The Morgan fingerprint density at radius 3 is 1.47 bits per heavy atom. The Bertz CT molecular complexity index is 1400. The van der Waals surface area contributed by atoms with E-state index in [-0.39, 0.29) is 22.5 Å². The lowest BCUT2D eigenvalue weighted by molar-refractivity contribution is 0.285. The van der Waals surface area contributed by atoms with E-state index < -0.39 is 30.0 Å². The van der Waals surface area contributed by atoms with Crippen LogP contribution in [0.4, 0.5) is 11.4 Å². The van der Waals surface area contributed by atoms with Gasteiger partial charge in [-0.25, -0.2) is 0 Å². The van der Waals surface area contributed by atoms with Gasteiger partial charge in [0.1, 0.15) is 9.79 Å². The molecule has 188 valence electrons. The van der Waals surface area contributed by atoms with Crippen LogP contribution in [0.5, 0.6) is 0 Å². The molecule has 0 amide bonds. The van der Waals surface area contributed by atoms with Crippen molar-refractivity contribution in [3.8, 4) is 0 Å². The van der Waals surface area contributed by atoms with Crippen LogP contribution >= 0.6 is 0 Å². The molecule has 0 aliphatic carbocycles. The number of nitrogens with zero attached hydrogens (tertiary/aromatic N) is 4. The van der Waals surface area contributed by atoms with Crippen LogP contribution in [0.3, 0.4) is 0 Å². The number of hydrogen-bond acceptors (Lipinski definition) is 12. The molecule has 0 radical (unpaired) electrons. The maximum atomic E-state index is 12.0. The quantitative estimate of drug-likeness (QED) is 0.213. The van der Waals surface area contributed by atoms with Gasteiger partial charge in [-0.2, -0.15) is 16.8 Å². The summed E-state index contributed by atoms with van der Waals surface area (Å²) < 4.78 is 67.6. The third-order valence-electron chi connectivity index (χ3n) is 4.62. The Labute approximate surface area is 206 Å². The fourth-order valence-corrected chi connectivity index (χ4v) is 4.49. The van der Waals surface area contributed by atoms with Crippen LogP contribution in [-0.4, -0.2) is 48.8 Å². The zero-order valence-corrected chi connectivity index (χ0v) is 19.8. The lowest BCUT2D eigenvalue weighted by Crippen LogP contribution is -2.36. The molecule has 4 rings (SSSR count). The number of benzene rings is 2. The smallest absolute Gasteiger partial charge is 0.282 e. The van der Waals surface area contributed by atoms with Gasteiger partial charge in [0.15, 0.2) is 0 Å². The van der Waals surface area contributed by atoms with Crippen molar-refractivity contribution in [3.63, 3.8) is 0 Å². The molecule has 2 aromatic rings. The van der Waals surface area contributed by atoms with Crippen LogP contribution in [0, 0.1) is 0 Å². The van der Waals surface area contributed by atoms with Crippen molar-refractivity contribution >= 4 is 56.2 Å². The molecule has 0 saturated heterocycles. The van der Waals surface area contributed by atoms with Crippen molar-refractivity contribution < 1.29 is 25.9 Å². The molecule has 0 saturated carbocycles. The summed E-state index contributed by atoms with van der Waals surface area (Å²) in [6.07, 6.45) is 12.0. The topological polar surface area (TPSA) is 188 Å². The van der Waals surface area contributed by atoms with Gasteiger partial charge in [-0.15, -0.1) is 20.7 Å². The van der Waals surface area contributed by atoms with Crippen molar-refractivity contribution in [2.75, 3.05) is 10.9 Å². The maximum absolute atomic E-state index is 12.0. The minimum absolute atomic E-state index is 0.0696. The fraction of sp³-hybridized carbons (Fsp3) is 0. The van der Waals surface area contributed by atoms with Gasteiger partial charge in [0.25, 0.3) is 20.2 Å². The van der Waals surface area contributed by atoms with E-state index in [0.29, 0.717) is 0 Å². The van der Waals surface area contributed by atoms with E-state index in [4.69, 9.17) is 0 Å². The van der Waals surface area contributed by atoms with Crippen LogP contribution in [-0.2, 0) is 20.2 Å². The van der Waals surface area contributed by atoms with E-state index >= 15 is 0 Å². The van der Waals surface area contributed by atoms with E-state index in [1.54, 1.807) is 24.6 Å². The number of rotatable bonds is 8. The minimum atomic E-state index is -4.65. The van der Waals surface area contributed by atoms with Crippen LogP contribution in [0.2, 0.25) is 0 Å². The molecule has 2 aliphatic heterocycles. The molecule has 0 spiro atoms. The van der Waals surface area contributed by atoms with E-state index in [1.165, 1.54) is 71.4 Å². The van der Waals surface area contributed by atoms with Crippen LogP contribution in [0.25, 0.3) is 12.2 Å². The lowest BCUT2D eigenvalue weighted by Gasteiger charge is -2.22. The highest BCUT2D eigenvalue weighted by molar-refractivity contribution is 7.86. The van der Waals surface area contributed by atoms with Crippen molar-refractivity contribution in [2.24, 2.45) is 10.2 Å². The van der Waals surface area contributed by atoms with E-state index in [1.807, 2.05) is 0 Å². The zero-order chi connectivity index (χ0) is 25.8. The Morgan fingerprint density at radius 2 is 1.14 bits per heavy atom. The fourth-order valence-electron chi connectivity index (χ4n) is 3.07. The predicted octanol–water partition coefficient (Wildman–Crippen LogP) is 1.64. The van der Waals surface area contributed by atoms with Gasteiger partial charge >= 0.3 is 0 Å². The third-order valence-corrected chi connectivity index (χ3v) is 6.44. The number of hydrazine groups is 4. The van der Waals surface area contributed by atoms with Gasteiger partial charge in [0.05, 0.1) is 23.8 Å². The Hall–Kier alpha value is -4.38. The van der Waals surface area contributed by atoms with Gasteiger partial charge in [-0.3, -0.25) is 30.8 Å². The van der Waals surface area contributed by atoms with E-state index in [9.17, 15) is 25.9 Å². The molecule has 0 fully saturated rings. The second kappa shape index (κ2) is 10.1. The summed E-state index contributed by atoms with van der Waals surface area (Å²) in [7, 11) is -9.31. The molecule has 0 unspecified atom stereocenters. The number of anilines is 2. The number of hydrogen-bond donors (Lipinski definition) is 6. The summed E-state index contributed by atoms with van der Waals surface area (Å²) in [5, 5.41) is 10.4. The maximum Gasteiger partial charge on any atom is 0.295 e. The molecule has 2 heterocycles. The van der Waals surface area contributed by atoms with Crippen molar-refractivity contribution in [3.05, 3.63) is 72.1 Å². The monoisotopic (exact) mass is 532 g/mol. The largest absolute Gasteiger partial charge is 0.295 e. The summed E-state index contributed by atoms with van der Waals surface area (Å²) in [6, 6.07) is 8.23. The molecule has 2 aromatic carbocycles. The average Bonchev–Trinajstić information content (AvgIpc) is 2.84. The number of allylic oxidation sites excluding steroid dienone is 2. The van der Waals surface area contributed by atoms with Gasteiger partial charge in [-0.1, -0.05) is 24.3 Å². The second-order valence-electron chi connectivity index (χ2n) is 7.14. The normalized spacial score (nSPS) is 15.2. The molecular formula is C20H20N8O6S2. The molecule has 14 nitrogen and oxygen atoms in total. The predicted molar refractivity (Wildman–Crippen MR) is 134 cm³/mol. The zero-order valence-electron chi connectivity index (χ0n) is 18.2. The first-order chi connectivity index (χ1) is 17.1. The van der Waals surface area contributed by atoms with Crippen LogP contribution < -0.4 is 21.7 Å². The van der Waals surface area contributed by atoms with Crippen molar-refractivity contribution in [2.45, 2.75) is 9.79 Å². The summed E-state index contributed by atoms with van der Waals surface area (Å²) in [4.78, 5) is -0.872. The van der Waals surface area contributed by atoms with Crippen molar-refractivity contribution in [1.82, 2.24) is 21.3 Å². The second-order valence-corrected chi connectivity index (χ2v) is 9.92. The molecular weight excluding hydrogens is 512 g/mol. The minimum Gasteiger partial charge on any atom is -0.282 e. The highest BCUT2D eigenvalue weighted by Gasteiger charge is 2.18. The highest BCUT2D eigenvalue weighted by Crippen LogP contribution is 2.26. The molecule has 6 N–H and O–H groups in total. The van der Waals surface area contributed by atoms with Gasteiger partial charge in [0.2, 0.25) is 0 Å². The highest BCUT2D eigenvalue weighted by atomic mass is 32.2. The van der Waals surface area contributed by atoms with E-state index in [2.05, 4.69) is 31.9 Å². The molecule has 2 aliphatic rings. The summed E-state index contributed by atoms with van der Waals surface area (Å²) >= 11 is 0. The lowest BCUT2D eigenvalue weighted by atomic mass is 10.1. The van der Waals surface area contributed by atoms with E-state index in [0.717, 1.165) is 0 Å². The first kappa shape index (κ1) is 24.7. The SMILES string of the molecule is O=S(=O)(O)c1cc(NN2N=CC=CN2)ccc1C=Cc1ccc(NN2N=CC=CN2)cc1S(=O)(=O)O. The number of nitrogens with one attached hydrogen (secondary N) is 4. The molecule has 36 heavy (non-hydrogen) atoms. The average molecular weight is 533 g/mol. The summed E-state index contributed by atoms with van der Waals surface area (Å²) in [6.45, 7) is 0. The first-order valence-electron chi connectivity index (χ1n) is 10.0. The Morgan fingerprint density at radius 1 is 0.722 bits per heavy atom. The Balaban J connectivity index is 1.63. The molecule has 0 bridgehead atoms. The number of hydrazone groups is 2. The Kier molecular flexibility index (Phi) is 6.93. The first-order valence-corrected chi connectivity index (χ1v) is 12.9. The molecule has 0 aromatic heterocycles. The third kappa shape index (κ3) is 6.19. The summed E-state index contributed by atoms with van der Waals surface area (Å²) in [5.41, 5.74) is 11.8.